The summed E-state index contributed by atoms with van der Waals surface area (Å²) in [6, 6.07) is 51.7. The van der Waals surface area contributed by atoms with Gasteiger partial charge in [0.2, 0.25) is 5.69 Å². The predicted octanol–water partition coefficient (Wildman–Crippen LogP) is 17.8. The van der Waals surface area contributed by atoms with E-state index in [1.807, 2.05) is 133 Å². The molecule has 0 bridgehead atoms. The molecule has 107 heavy (non-hydrogen) atoms. The standard InChI is InChI=1S/C43H39N5.C22H13FN4.C21H27N.2CH4.3K.HO4P/c1-24-26(3)30(7)39-35(28(24)5)22-36-29(6)25(2)27(4)31(8)40(36)48(39)37-21-15-20-34(23-44)38(37)43-46-41(32-16-11-9-12-17-32)45-42(47-43)33-18-13-10-14-19-33;1-24-18-14-8-13-17(23)19(18)22-26-20(15-9-4-2-5-10-15)25-21(27-22)16-11-6-3-7-12-16;1-10-12(3)16(7)20-18(14(10)5)9-19-15(6)11(2)13(4)17(8)21(19)22-20;;;;;;1-4-5(2)3/h9-21H,22H2,1-8H3;2-14H;22H,9H2,1-8H3;2*1H4;;;;1H/q;;;;;;;+1;/p-1. The van der Waals surface area contributed by atoms with Gasteiger partial charge in [-0.05, 0) is 245 Å². The molecule has 1 N–H and O–H groups in total. The number of nitrogens with zero attached hydrogens (tertiary/aromatic N) is 9. The minimum atomic E-state index is -3.15. The summed E-state index contributed by atoms with van der Waals surface area (Å²) in [7, 11) is -3.15. The van der Waals surface area contributed by atoms with Gasteiger partial charge in [-0.2, -0.15) is 5.26 Å². The molecule has 10 aromatic carbocycles. The van der Waals surface area contributed by atoms with Crippen LogP contribution in [-0.4, -0.2) is 93.1 Å². The first-order valence-corrected chi connectivity index (χ1v) is 51.8. The number of benzene rings is 10. The second-order valence-electron chi connectivity index (χ2n) is 26.1. The van der Waals surface area contributed by atoms with Crippen molar-refractivity contribution in [2.45, 2.75) is 138 Å². The molecule has 0 fully saturated rings. The van der Waals surface area contributed by atoms with E-state index in [9.17, 15) is 9.65 Å². The Hall–Kier alpha value is -6.38. The third-order valence-electron chi connectivity index (χ3n) is 21.0. The SMILES string of the molecule is C.C.Cc1c(C)c(C)c2c(c1C)Cc1c(C)c(C)c(C)c(C)c1N2.Cc1c(C)c(C)c2c(c1C)Cc1c(C)c(C)c(C)c(C)c1N2c1cccc(C#N)c1-c1nc(-c2ccccc2)nc(-c2ccccc2)n1.O=[P+]([O-])O[O-].[C-]#[N+]c1cccc(F)c1-c1nc(-c2ccccc2)nc(-c2ccccc2)n1.[K+].[K][K]. The number of rotatable bonds is 8. The number of nitrogens with one attached hydrogen (secondary N) is 1. The normalized spacial score (nSPS) is 11.2. The van der Waals surface area contributed by atoms with E-state index in [4.69, 9.17) is 36.2 Å². The molecule has 12 aromatic rings. The number of nitriles is 1. The molecule has 0 spiro atoms. The molecule has 0 aliphatic carbocycles. The summed E-state index contributed by atoms with van der Waals surface area (Å²) < 4.78 is 25.9. The molecule has 1 atom stereocenters. The fourth-order valence-corrected chi connectivity index (χ4v) is 13.9. The van der Waals surface area contributed by atoms with Gasteiger partial charge < -0.3 is 20.4 Å². The van der Waals surface area contributed by atoms with E-state index in [1.54, 1.807) is 6.07 Å². The van der Waals surface area contributed by atoms with Gasteiger partial charge in [-0.25, -0.2) is 43.8 Å². The van der Waals surface area contributed by atoms with Crippen LogP contribution in [0.4, 0.5) is 38.5 Å². The molecule has 1 unspecified atom stereocenters. The quantitative estimate of drug-likeness (QED) is 0.0497. The van der Waals surface area contributed by atoms with E-state index >= 15 is 0 Å². The monoisotopic (exact) mass is 1510 g/mol. The molecule has 19 heteroatoms. The molecule has 2 aromatic heterocycles. The van der Waals surface area contributed by atoms with E-state index < -0.39 is 14.1 Å². The van der Waals surface area contributed by atoms with Crippen molar-refractivity contribution >= 4 is 106 Å². The zero-order valence-electron chi connectivity index (χ0n) is 63.4. The average molecular weight is 1520 g/mol. The van der Waals surface area contributed by atoms with Crippen molar-refractivity contribution in [2.75, 3.05) is 10.2 Å². The third kappa shape index (κ3) is 18.3. The number of halogens is 1. The first kappa shape index (κ1) is 87.8. The van der Waals surface area contributed by atoms with Crippen molar-refractivity contribution in [2.24, 2.45) is 0 Å². The summed E-state index contributed by atoms with van der Waals surface area (Å²) in [6.07, 6.45) is 1.91. The van der Waals surface area contributed by atoms with Crippen molar-refractivity contribution in [1.82, 2.24) is 29.9 Å². The van der Waals surface area contributed by atoms with Crippen LogP contribution in [0.15, 0.2) is 158 Å². The van der Waals surface area contributed by atoms with E-state index in [1.165, 1.54) is 209 Å². The summed E-state index contributed by atoms with van der Waals surface area (Å²) >= 11 is 2.50. The van der Waals surface area contributed by atoms with Crippen LogP contribution in [0.1, 0.15) is 132 Å². The fourth-order valence-electron chi connectivity index (χ4n) is 13.9. The number of aromatic nitrogens is 6. The van der Waals surface area contributed by atoms with E-state index in [0.29, 0.717) is 40.2 Å². The zero-order chi connectivity index (χ0) is 75.1. The van der Waals surface area contributed by atoms with Gasteiger partial charge in [0.15, 0.2) is 34.9 Å². The molecular weight excluding hydrogens is 1430 g/mol. The summed E-state index contributed by atoms with van der Waals surface area (Å²) in [5.74, 6) is 2.07. The van der Waals surface area contributed by atoms with Crippen molar-refractivity contribution < 1.29 is 75.2 Å². The summed E-state index contributed by atoms with van der Waals surface area (Å²) in [5, 5.41) is 23.0. The molecule has 4 heterocycles. The Bertz CT molecular complexity index is 5090. The van der Waals surface area contributed by atoms with Gasteiger partial charge in [-0.15, -0.1) is 0 Å². The Morgan fingerprint density at radius 3 is 1.08 bits per heavy atom. The average Bonchev–Trinajstić information content (AvgIpc) is 0.717. The van der Waals surface area contributed by atoms with Gasteiger partial charge in [0.05, 0.1) is 46.4 Å². The minimum absolute atomic E-state index is 0. The van der Waals surface area contributed by atoms with Gasteiger partial charge in [0, 0.05) is 46.5 Å². The fraction of sp³-hybridized carbons (Fsp3) is 0.227. The first-order valence-electron chi connectivity index (χ1n) is 34.7. The van der Waals surface area contributed by atoms with Gasteiger partial charge in [-0.3, -0.25) is 0 Å². The van der Waals surface area contributed by atoms with Gasteiger partial charge in [-0.1, -0.05) is 154 Å². The van der Waals surface area contributed by atoms with E-state index in [0.717, 1.165) is 40.8 Å². The van der Waals surface area contributed by atoms with Crippen LogP contribution in [0, 0.1) is 135 Å². The Labute approximate surface area is 720 Å². The van der Waals surface area contributed by atoms with Gasteiger partial charge in [0.1, 0.15) is 5.82 Å². The van der Waals surface area contributed by atoms with Crippen LogP contribution in [0.3, 0.4) is 0 Å². The zero-order valence-corrected chi connectivity index (χ0v) is 73.7. The number of hydrogen-bond acceptors (Lipinski definition) is 13. The second kappa shape index (κ2) is 39.0. The van der Waals surface area contributed by atoms with Crippen LogP contribution in [-0.2, 0) is 22.1 Å². The Morgan fingerprint density at radius 1 is 0.449 bits per heavy atom. The van der Waals surface area contributed by atoms with Crippen molar-refractivity contribution in [1.29, 1.82) is 5.26 Å². The molecule has 2 aliphatic heterocycles. The van der Waals surface area contributed by atoms with Gasteiger partial charge in [0.25, 0.3) is 0 Å². The van der Waals surface area contributed by atoms with Gasteiger partial charge >= 0.3 is 123 Å². The summed E-state index contributed by atoms with van der Waals surface area (Å²) in [6.45, 7) is 43.3. The van der Waals surface area contributed by atoms with E-state index in [-0.39, 0.29) is 83.3 Å². The first-order chi connectivity index (χ1) is 49.9. The predicted molar refractivity (Wildman–Crippen MR) is 429 cm³/mol. The summed E-state index contributed by atoms with van der Waals surface area (Å²) in [4.78, 5) is 43.4. The van der Waals surface area contributed by atoms with Crippen LogP contribution < -0.4 is 71.8 Å². The second-order valence-corrected chi connectivity index (χ2v) is 26.7. The maximum absolute atomic E-state index is 14.5. The van der Waals surface area contributed by atoms with Crippen LogP contribution in [0.5, 0.6) is 0 Å². The van der Waals surface area contributed by atoms with Crippen molar-refractivity contribution in [3.8, 4) is 74.4 Å². The van der Waals surface area contributed by atoms with Crippen molar-refractivity contribution in [3.63, 3.8) is 0 Å². The van der Waals surface area contributed by atoms with Crippen LogP contribution in [0.2, 0.25) is 0 Å². The third-order valence-corrected chi connectivity index (χ3v) is 21.1. The topological polar surface area (TPSA) is 193 Å². The van der Waals surface area contributed by atoms with Crippen molar-refractivity contribution in [3.05, 3.63) is 292 Å². The molecule has 0 saturated carbocycles. The maximum atomic E-state index is 14.5. The number of hydrogen-bond donors (Lipinski definition) is 1. The molecule has 0 radical (unpaired) electrons. The molecule has 2 aliphatic rings. The Morgan fingerprint density at radius 2 is 0.748 bits per heavy atom. The molecule has 0 saturated heterocycles. The molecule has 14 nitrogen and oxygen atoms in total. The number of fused-ring (bicyclic) bond motifs is 4. The molecule has 0 amide bonds. The molecule has 528 valence electrons. The Kier molecular flexibility index (Phi) is 32.0. The van der Waals surface area contributed by atoms with Crippen LogP contribution >= 0.6 is 8.25 Å². The molecular formula is C88H87FK3N10O4P. The Balaban J connectivity index is 0.000000229. The van der Waals surface area contributed by atoms with Crippen LogP contribution in [0.25, 0.3) is 73.2 Å². The molecule has 14 rings (SSSR count). The summed E-state index contributed by atoms with van der Waals surface area (Å²) in [5.41, 5.74) is 38.2. The van der Waals surface area contributed by atoms with E-state index in [2.05, 4.69) is 158 Å². The number of anilines is 5.